The molecule has 0 heterocycles. The van der Waals surface area contributed by atoms with Crippen LogP contribution in [0.2, 0.25) is 0 Å². The molecule has 4 rings (SSSR count). The zero-order valence-corrected chi connectivity index (χ0v) is 20.2. The van der Waals surface area contributed by atoms with Crippen molar-refractivity contribution in [3.63, 3.8) is 0 Å². The number of hydrogen-bond acceptors (Lipinski definition) is 8. The molecule has 0 amide bonds. The lowest BCUT2D eigenvalue weighted by Gasteiger charge is -2.11. The summed E-state index contributed by atoms with van der Waals surface area (Å²) in [6.07, 6.45) is 0. The van der Waals surface area contributed by atoms with Gasteiger partial charge in [0.1, 0.15) is 11.4 Å². The van der Waals surface area contributed by atoms with Crippen molar-refractivity contribution in [2.24, 2.45) is 0 Å². The molecule has 4 aromatic rings. The Morgan fingerprint density at radius 3 is 1.32 bits per heavy atom. The summed E-state index contributed by atoms with van der Waals surface area (Å²) < 4.78 is 26.6. The van der Waals surface area contributed by atoms with Crippen LogP contribution < -0.4 is 10.6 Å². The number of hydrogen-bond donors (Lipinski definition) is 2. The smallest absolute Gasteiger partial charge is 0.293 e. The standard InChI is InChI=1S/C26H22N4O6S/c31-29(32)25-15-21(11-13-23(25)27-17-19-7-3-1-4-8-19)37(35,36)22-12-14-24(26(16-22)30(33)34)28-18-20-9-5-2-6-10-20/h1-16,27-28H,17-18H2. The van der Waals surface area contributed by atoms with Gasteiger partial charge in [-0.1, -0.05) is 60.7 Å². The number of sulfone groups is 1. The third-order valence-corrected chi connectivity index (χ3v) is 7.35. The van der Waals surface area contributed by atoms with Gasteiger partial charge in [-0.15, -0.1) is 0 Å². The van der Waals surface area contributed by atoms with Gasteiger partial charge in [0, 0.05) is 25.2 Å². The van der Waals surface area contributed by atoms with E-state index in [2.05, 4.69) is 10.6 Å². The first-order valence-corrected chi connectivity index (χ1v) is 12.6. The predicted molar refractivity (Wildman–Crippen MR) is 139 cm³/mol. The van der Waals surface area contributed by atoms with Crippen LogP contribution in [-0.2, 0) is 22.9 Å². The highest BCUT2D eigenvalue weighted by atomic mass is 32.2. The van der Waals surface area contributed by atoms with Gasteiger partial charge < -0.3 is 10.6 Å². The predicted octanol–water partition coefficient (Wildman–Crippen LogP) is 5.56. The maximum absolute atomic E-state index is 13.3. The highest BCUT2D eigenvalue weighted by Gasteiger charge is 2.26. The normalized spacial score (nSPS) is 11.0. The molecule has 2 N–H and O–H groups in total. The molecule has 188 valence electrons. The molecule has 0 unspecified atom stereocenters. The first-order chi connectivity index (χ1) is 17.8. The van der Waals surface area contributed by atoms with Gasteiger partial charge >= 0.3 is 0 Å². The Morgan fingerprint density at radius 2 is 0.973 bits per heavy atom. The third kappa shape index (κ3) is 5.90. The molecule has 11 heteroatoms. The molecule has 0 aromatic heterocycles. The van der Waals surface area contributed by atoms with Gasteiger partial charge in [-0.3, -0.25) is 20.2 Å². The summed E-state index contributed by atoms with van der Waals surface area (Å²) in [6, 6.07) is 25.5. The summed E-state index contributed by atoms with van der Waals surface area (Å²) in [5, 5.41) is 29.3. The van der Waals surface area contributed by atoms with Crippen molar-refractivity contribution in [2.45, 2.75) is 22.9 Å². The first kappa shape index (κ1) is 25.3. The van der Waals surface area contributed by atoms with Crippen LogP contribution in [0.3, 0.4) is 0 Å². The Hall–Kier alpha value is -4.77. The average Bonchev–Trinajstić information content (AvgIpc) is 2.91. The quantitative estimate of drug-likeness (QED) is 0.205. The van der Waals surface area contributed by atoms with E-state index in [0.29, 0.717) is 13.1 Å². The van der Waals surface area contributed by atoms with E-state index < -0.39 is 31.1 Å². The van der Waals surface area contributed by atoms with Crippen molar-refractivity contribution < 1.29 is 18.3 Å². The Bertz CT molecular complexity index is 1430. The lowest BCUT2D eigenvalue weighted by atomic mass is 10.2. The zero-order valence-electron chi connectivity index (χ0n) is 19.4. The minimum Gasteiger partial charge on any atom is -0.375 e. The van der Waals surface area contributed by atoms with Gasteiger partial charge in [-0.25, -0.2) is 8.42 Å². The summed E-state index contributed by atoms with van der Waals surface area (Å²) in [4.78, 5) is 21.4. The molecule has 4 aromatic carbocycles. The second kappa shape index (κ2) is 10.9. The summed E-state index contributed by atoms with van der Waals surface area (Å²) in [6.45, 7) is 0.606. The van der Waals surface area contributed by atoms with Gasteiger partial charge in [0.2, 0.25) is 9.84 Å². The van der Waals surface area contributed by atoms with Crippen molar-refractivity contribution in [1.82, 2.24) is 0 Å². The SMILES string of the molecule is O=[N+]([O-])c1cc(S(=O)(=O)c2ccc(NCc3ccccc3)c([N+](=O)[O-])c2)ccc1NCc1ccccc1. The van der Waals surface area contributed by atoms with E-state index in [9.17, 15) is 28.6 Å². The fourth-order valence-corrected chi connectivity index (χ4v) is 4.98. The van der Waals surface area contributed by atoms with Crippen LogP contribution in [0.4, 0.5) is 22.7 Å². The van der Waals surface area contributed by atoms with Crippen LogP contribution in [0.5, 0.6) is 0 Å². The lowest BCUT2D eigenvalue weighted by molar-refractivity contribution is -0.384. The maximum atomic E-state index is 13.3. The van der Waals surface area contributed by atoms with E-state index >= 15 is 0 Å². The van der Waals surface area contributed by atoms with E-state index in [4.69, 9.17) is 0 Å². The largest absolute Gasteiger partial charge is 0.375 e. The fourth-order valence-electron chi connectivity index (χ4n) is 3.68. The van der Waals surface area contributed by atoms with Crippen LogP contribution >= 0.6 is 0 Å². The number of anilines is 2. The molecule has 0 aliphatic heterocycles. The summed E-state index contributed by atoms with van der Waals surface area (Å²) in [5.74, 6) is 0. The number of rotatable bonds is 10. The van der Waals surface area contributed by atoms with Crippen LogP contribution in [0.1, 0.15) is 11.1 Å². The second-order valence-electron chi connectivity index (χ2n) is 8.05. The van der Waals surface area contributed by atoms with Crippen molar-refractivity contribution >= 4 is 32.6 Å². The molecule has 0 radical (unpaired) electrons. The van der Waals surface area contributed by atoms with E-state index in [1.54, 1.807) is 0 Å². The molecule has 0 saturated heterocycles. The Morgan fingerprint density at radius 1 is 0.595 bits per heavy atom. The molecule has 0 fully saturated rings. The van der Waals surface area contributed by atoms with E-state index in [1.807, 2.05) is 60.7 Å². The Balaban J connectivity index is 1.62. The monoisotopic (exact) mass is 518 g/mol. The maximum Gasteiger partial charge on any atom is 0.293 e. The number of nitrogens with one attached hydrogen (secondary N) is 2. The molecule has 0 saturated carbocycles. The topological polar surface area (TPSA) is 144 Å². The summed E-state index contributed by atoms with van der Waals surface area (Å²) in [5.41, 5.74) is 1.24. The van der Waals surface area contributed by atoms with Crippen LogP contribution in [0.15, 0.2) is 107 Å². The van der Waals surface area contributed by atoms with Crippen molar-refractivity contribution in [2.75, 3.05) is 10.6 Å². The van der Waals surface area contributed by atoms with E-state index in [0.717, 1.165) is 23.3 Å². The molecule has 0 spiro atoms. The second-order valence-corrected chi connectivity index (χ2v) is 10.0. The molecule has 0 aliphatic rings. The molecule has 0 aliphatic carbocycles. The molecule has 0 bridgehead atoms. The van der Waals surface area contributed by atoms with E-state index in [-0.39, 0.29) is 21.2 Å². The van der Waals surface area contributed by atoms with Crippen LogP contribution in [-0.4, -0.2) is 18.3 Å². The van der Waals surface area contributed by atoms with Gasteiger partial charge in [0.15, 0.2) is 0 Å². The highest BCUT2D eigenvalue weighted by molar-refractivity contribution is 7.91. The van der Waals surface area contributed by atoms with Gasteiger partial charge in [-0.05, 0) is 35.4 Å². The van der Waals surface area contributed by atoms with Gasteiger partial charge in [0.25, 0.3) is 11.4 Å². The minimum absolute atomic E-state index is 0.152. The van der Waals surface area contributed by atoms with Gasteiger partial charge in [-0.2, -0.15) is 0 Å². The Kier molecular flexibility index (Phi) is 7.44. The molecular weight excluding hydrogens is 496 g/mol. The van der Waals surface area contributed by atoms with Crippen molar-refractivity contribution in [3.05, 3.63) is 128 Å². The first-order valence-electron chi connectivity index (χ1n) is 11.1. The van der Waals surface area contributed by atoms with Gasteiger partial charge in [0.05, 0.1) is 19.6 Å². The van der Waals surface area contributed by atoms with Crippen molar-refractivity contribution in [3.8, 4) is 0 Å². The number of nitro benzene ring substituents is 2. The van der Waals surface area contributed by atoms with Crippen molar-refractivity contribution in [1.29, 1.82) is 0 Å². The molecule has 37 heavy (non-hydrogen) atoms. The minimum atomic E-state index is -4.28. The zero-order chi connectivity index (χ0) is 26.4. The average molecular weight is 519 g/mol. The molecule has 0 atom stereocenters. The number of nitro groups is 2. The fraction of sp³-hybridized carbons (Fsp3) is 0.0769. The molecule has 10 nitrogen and oxygen atoms in total. The van der Waals surface area contributed by atoms with Crippen LogP contribution in [0.25, 0.3) is 0 Å². The summed E-state index contributed by atoms with van der Waals surface area (Å²) in [7, 11) is -4.28. The van der Waals surface area contributed by atoms with Crippen LogP contribution in [0, 0.1) is 20.2 Å². The number of benzene rings is 4. The highest BCUT2D eigenvalue weighted by Crippen LogP contribution is 2.34. The Labute approximate surface area is 212 Å². The third-order valence-electron chi connectivity index (χ3n) is 5.60. The lowest BCUT2D eigenvalue weighted by Crippen LogP contribution is -2.08. The molecular formula is C26H22N4O6S. The number of nitrogens with zero attached hydrogens (tertiary/aromatic N) is 2. The summed E-state index contributed by atoms with van der Waals surface area (Å²) >= 11 is 0. The van der Waals surface area contributed by atoms with E-state index in [1.165, 1.54) is 24.3 Å².